The van der Waals surface area contributed by atoms with E-state index >= 15 is 0 Å². The van der Waals surface area contributed by atoms with E-state index in [0.717, 1.165) is 16.4 Å². The van der Waals surface area contributed by atoms with Gasteiger partial charge in [-0.1, -0.05) is 18.2 Å². The van der Waals surface area contributed by atoms with E-state index in [2.05, 4.69) is 4.85 Å². The highest BCUT2D eigenvalue weighted by Gasteiger charge is 2.59. The van der Waals surface area contributed by atoms with Crippen molar-refractivity contribution in [1.82, 2.24) is 0 Å². The second-order valence-electron chi connectivity index (χ2n) is 5.97. The Morgan fingerprint density at radius 1 is 1.25 bits per heavy atom. The fourth-order valence-electron chi connectivity index (χ4n) is 3.65. The molecule has 2 saturated heterocycles. The second kappa shape index (κ2) is 4.74. The minimum atomic E-state index is -4.72. The van der Waals surface area contributed by atoms with Crippen molar-refractivity contribution in [2.75, 3.05) is 10.8 Å². The molecule has 2 fully saturated rings. The molecule has 4 rings (SSSR count). The lowest BCUT2D eigenvalue weighted by Crippen LogP contribution is -2.35. The fourth-order valence-corrected chi connectivity index (χ4v) is 5.91. The highest BCUT2D eigenvalue weighted by molar-refractivity contribution is 7.93. The number of benzene rings is 1. The van der Waals surface area contributed by atoms with Crippen LogP contribution in [-0.2, 0) is 20.9 Å². The Balaban J connectivity index is 1.77. The summed E-state index contributed by atoms with van der Waals surface area (Å²) < 4.78 is 71.4. The molecule has 24 heavy (non-hydrogen) atoms. The van der Waals surface area contributed by atoms with Crippen LogP contribution in [0.3, 0.4) is 0 Å². The molecule has 0 saturated carbocycles. The number of fused-ring (bicyclic) bond motifs is 5. The second-order valence-corrected chi connectivity index (χ2v) is 7.98. The van der Waals surface area contributed by atoms with E-state index in [-0.39, 0.29) is 24.3 Å². The summed E-state index contributed by atoms with van der Waals surface area (Å²) in [6.45, 7) is 6.93. The van der Waals surface area contributed by atoms with Crippen LogP contribution < -0.4 is 4.31 Å². The molecule has 3 aliphatic heterocycles. The number of sulfonamides is 1. The van der Waals surface area contributed by atoms with Crippen molar-refractivity contribution in [3.8, 4) is 0 Å². The minimum absolute atomic E-state index is 0.0662. The Labute approximate surface area is 136 Å². The molecule has 0 unspecified atom stereocenters. The van der Waals surface area contributed by atoms with Crippen LogP contribution in [0.5, 0.6) is 0 Å². The summed E-state index contributed by atoms with van der Waals surface area (Å²) in [5.41, 5.74) is -1.74. The molecule has 0 radical (unpaired) electrons. The number of nitrogens with zero attached hydrogens (tertiary/aromatic N) is 2. The lowest BCUT2D eigenvalue weighted by atomic mass is 9.94. The van der Waals surface area contributed by atoms with Crippen molar-refractivity contribution in [2.45, 2.75) is 23.6 Å². The third-order valence-electron chi connectivity index (χ3n) is 4.69. The first kappa shape index (κ1) is 15.5. The molecule has 0 amide bonds. The van der Waals surface area contributed by atoms with Crippen molar-refractivity contribution >= 4 is 21.4 Å². The first-order chi connectivity index (χ1) is 11.2. The van der Waals surface area contributed by atoms with Gasteiger partial charge < -0.3 is 4.74 Å². The first-order valence-electron chi connectivity index (χ1n) is 7.17. The molecule has 3 aliphatic rings. The largest absolute Gasteiger partial charge is 0.407 e. The fraction of sp³-hybridized carbons (Fsp3) is 0.400. The molecule has 0 spiro atoms. The molecule has 4 atom stereocenters. The Kier molecular flexibility index (Phi) is 3.06. The maximum atomic E-state index is 13.1. The zero-order valence-corrected chi connectivity index (χ0v) is 12.9. The predicted molar refractivity (Wildman–Crippen MR) is 79.1 cm³/mol. The third-order valence-corrected chi connectivity index (χ3v) is 6.97. The number of rotatable bonds is 1. The summed E-state index contributed by atoms with van der Waals surface area (Å²) in [4.78, 5) is 2.86. The number of halogens is 3. The van der Waals surface area contributed by atoms with Gasteiger partial charge in [0.05, 0.1) is 24.3 Å². The molecular weight excluding hydrogens is 345 g/mol. The summed E-state index contributed by atoms with van der Waals surface area (Å²) in [6, 6.07) is 3.00. The van der Waals surface area contributed by atoms with Gasteiger partial charge in [-0.15, -0.1) is 0 Å². The van der Waals surface area contributed by atoms with Crippen LogP contribution in [0.1, 0.15) is 5.56 Å². The van der Waals surface area contributed by atoms with Crippen molar-refractivity contribution in [3.63, 3.8) is 0 Å². The Hall–Kier alpha value is -2.05. The molecule has 0 aromatic heterocycles. The van der Waals surface area contributed by atoms with Gasteiger partial charge >= 0.3 is 6.18 Å². The molecular formula is C15H11F3N2O3S. The Morgan fingerprint density at radius 3 is 2.58 bits per heavy atom. The third kappa shape index (κ3) is 1.99. The van der Waals surface area contributed by atoms with Crippen LogP contribution >= 0.6 is 0 Å². The van der Waals surface area contributed by atoms with Crippen LogP contribution in [0.15, 0.2) is 30.4 Å². The molecule has 0 N–H and O–H groups in total. The number of hydrogen-bond donors (Lipinski definition) is 0. The van der Waals surface area contributed by atoms with Gasteiger partial charge in [-0.05, 0) is 12.1 Å². The van der Waals surface area contributed by atoms with Gasteiger partial charge in [-0.25, -0.2) is 13.3 Å². The monoisotopic (exact) mass is 356 g/mol. The van der Waals surface area contributed by atoms with Crippen molar-refractivity contribution in [2.24, 2.45) is 5.92 Å². The molecule has 9 heteroatoms. The van der Waals surface area contributed by atoms with Crippen molar-refractivity contribution < 1.29 is 26.3 Å². The lowest BCUT2D eigenvalue weighted by molar-refractivity contribution is -0.136. The van der Waals surface area contributed by atoms with Crippen molar-refractivity contribution in [1.29, 1.82) is 0 Å². The number of anilines is 1. The van der Waals surface area contributed by atoms with E-state index in [1.165, 1.54) is 6.07 Å². The van der Waals surface area contributed by atoms with Gasteiger partial charge in [-0.3, -0.25) is 4.31 Å². The van der Waals surface area contributed by atoms with Crippen LogP contribution in [0.2, 0.25) is 0 Å². The topological polar surface area (TPSA) is 51.0 Å². The number of hydrogen-bond acceptors (Lipinski definition) is 3. The molecule has 1 aromatic rings. The van der Waals surface area contributed by atoms with E-state index in [9.17, 15) is 21.6 Å². The summed E-state index contributed by atoms with van der Waals surface area (Å²) in [6.07, 6.45) is -2.09. The molecule has 3 heterocycles. The van der Waals surface area contributed by atoms with Gasteiger partial charge in [0.2, 0.25) is 10.0 Å². The van der Waals surface area contributed by atoms with Crippen LogP contribution in [0, 0.1) is 12.5 Å². The average Bonchev–Trinajstić information content (AvgIpc) is 3.18. The minimum Gasteiger partial charge on any atom is -0.365 e. The standard InChI is InChI=1S/C15H11F3N2O3S/c1-19-11-3-2-8(6-10(11)15(16,17)18)20-7-9-12-4-5-13(23-12)14(9)24(20,21)22/h2-6,9,12-14H,7H2/t9-,12+,13-,14-/m0/s1. The first-order valence-corrected chi connectivity index (χ1v) is 8.68. The number of ether oxygens (including phenoxy) is 1. The maximum absolute atomic E-state index is 13.1. The van der Waals surface area contributed by atoms with Crippen LogP contribution in [0.25, 0.3) is 4.85 Å². The van der Waals surface area contributed by atoms with E-state index in [1.807, 2.05) is 0 Å². The molecule has 5 nitrogen and oxygen atoms in total. The Morgan fingerprint density at radius 2 is 1.96 bits per heavy atom. The van der Waals surface area contributed by atoms with E-state index in [4.69, 9.17) is 11.3 Å². The molecule has 1 aromatic carbocycles. The van der Waals surface area contributed by atoms with Gasteiger partial charge in [-0.2, -0.15) is 13.2 Å². The average molecular weight is 356 g/mol. The van der Waals surface area contributed by atoms with E-state index < -0.39 is 38.8 Å². The summed E-state index contributed by atoms with van der Waals surface area (Å²) in [5.74, 6) is -0.292. The van der Waals surface area contributed by atoms with Gasteiger partial charge in [0.15, 0.2) is 5.69 Å². The lowest BCUT2D eigenvalue weighted by Gasteiger charge is -2.22. The Bertz CT molecular complexity index is 888. The van der Waals surface area contributed by atoms with E-state index in [0.29, 0.717) is 0 Å². The summed E-state index contributed by atoms with van der Waals surface area (Å²) in [7, 11) is -3.82. The zero-order chi connectivity index (χ0) is 17.3. The van der Waals surface area contributed by atoms with Crippen LogP contribution in [0.4, 0.5) is 24.5 Å². The SMILES string of the molecule is [C-]#[N+]c1ccc(N2C[C@@H]3[C@@H]([C@@H]4C=C[C@H]3O4)S2(=O)=O)cc1C(F)(F)F. The smallest absolute Gasteiger partial charge is 0.365 e. The quantitative estimate of drug-likeness (QED) is 0.574. The van der Waals surface area contributed by atoms with Crippen LogP contribution in [-0.4, -0.2) is 32.4 Å². The van der Waals surface area contributed by atoms with Gasteiger partial charge in [0.25, 0.3) is 0 Å². The summed E-state index contributed by atoms with van der Waals surface area (Å²) in [5, 5.41) is -0.762. The predicted octanol–water partition coefficient (Wildman–Crippen LogP) is 2.73. The number of alkyl halides is 3. The normalized spacial score (nSPS) is 32.8. The molecule has 126 valence electrons. The van der Waals surface area contributed by atoms with Gasteiger partial charge in [0.1, 0.15) is 5.25 Å². The highest BCUT2D eigenvalue weighted by atomic mass is 32.2. The molecule has 0 aliphatic carbocycles. The zero-order valence-electron chi connectivity index (χ0n) is 12.1. The van der Waals surface area contributed by atoms with E-state index in [1.54, 1.807) is 12.2 Å². The molecule has 2 bridgehead atoms. The van der Waals surface area contributed by atoms with Crippen molar-refractivity contribution in [3.05, 3.63) is 47.3 Å². The summed E-state index contributed by atoms with van der Waals surface area (Å²) >= 11 is 0. The maximum Gasteiger partial charge on any atom is 0.407 e. The highest BCUT2D eigenvalue weighted by Crippen LogP contribution is 2.47. The van der Waals surface area contributed by atoms with Gasteiger partial charge in [0, 0.05) is 18.2 Å².